The van der Waals surface area contributed by atoms with Gasteiger partial charge in [0, 0.05) is 11.4 Å². The largest absolute Gasteiger partial charge is 0.417 e. The second-order valence-corrected chi connectivity index (χ2v) is 8.09. The first-order valence-corrected chi connectivity index (χ1v) is 10.2. The topological polar surface area (TPSA) is 71.1 Å². The highest BCUT2D eigenvalue weighted by Gasteiger charge is 2.58. The minimum atomic E-state index is -4.73. The Balaban J connectivity index is 1.83. The number of amides is 1. The fraction of sp³-hybridized carbons (Fsp3) is 0.318. The van der Waals surface area contributed by atoms with Gasteiger partial charge in [0.15, 0.2) is 5.50 Å². The number of rotatable bonds is 2. The van der Waals surface area contributed by atoms with Gasteiger partial charge in [-0.05, 0) is 55.3 Å². The molecule has 5 nitrogen and oxygen atoms in total. The maximum atomic E-state index is 13.6. The van der Waals surface area contributed by atoms with Gasteiger partial charge in [-0.1, -0.05) is 12.8 Å². The summed E-state index contributed by atoms with van der Waals surface area (Å²) in [4.78, 5) is 16.7. The van der Waals surface area contributed by atoms with Crippen LogP contribution in [0, 0.1) is 22.7 Å². The summed E-state index contributed by atoms with van der Waals surface area (Å²) in [7, 11) is 0. The lowest BCUT2D eigenvalue weighted by Gasteiger charge is -2.35. The molecular weight excluding hydrogens is 425 g/mol. The monoisotopic (exact) mass is 442 g/mol. The Labute approximate surface area is 182 Å². The Morgan fingerprint density at radius 2 is 1.61 bits per heavy atom. The zero-order valence-electron chi connectivity index (χ0n) is 16.2. The Morgan fingerprint density at radius 1 is 1.00 bits per heavy atom. The van der Waals surface area contributed by atoms with Crippen LogP contribution < -0.4 is 9.80 Å². The van der Waals surface area contributed by atoms with Crippen LogP contribution in [-0.4, -0.2) is 16.9 Å². The number of hydrogen-bond acceptors (Lipinski definition) is 5. The van der Waals surface area contributed by atoms with E-state index in [9.17, 15) is 18.0 Å². The summed E-state index contributed by atoms with van der Waals surface area (Å²) < 4.78 is 40.5. The van der Waals surface area contributed by atoms with Crippen molar-refractivity contribution in [2.75, 3.05) is 9.80 Å². The van der Waals surface area contributed by atoms with Crippen molar-refractivity contribution in [2.45, 2.75) is 42.9 Å². The first-order valence-electron chi connectivity index (χ1n) is 9.65. The number of nitrogens with zero attached hydrogens (tertiary/aromatic N) is 4. The van der Waals surface area contributed by atoms with Crippen LogP contribution in [0.3, 0.4) is 0 Å². The number of hydrogen-bond donors (Lipinski definition) is 1. The molecule has 0 bridgehead atoms. The number of halogens is 3. The molecule has 1 atom stereocenters. The van der Waals surface area contributed by atoms with Crippen molar-refractivity contribution in [1.82, 2.24) is 0 Å². The van der Waals surface area contributed by atoms with Gasteiger partial charge in [-0.2, -0.15) is 23.7 Å². The standard InChI is InChI=1S/C22H17F3N4OS/c23-22(24,25)18-11-17(8-5-15(18)13-27)28-19(30)21(9-1-2-10-21)29(20(28)31)16-6-3-14(12-26)4-7-16/h3-8,11,20,31H,1-2,9-10H2. The number of alkyl halides is 3. The van der Waals surface area contributed by atoms with Crippen LogP contribution in [0.5, 0.6) is 0 Å². The van der Waals surface area contributed by atoms with Crippen molar-refractivity contribution in [3.8, 4) is 12.1 Å². The highest BCUT2D eigenvalue weighted by Crippen LogP contribution is 2.49. The van der Waals surface area contributed by atoms with Gasteiger partial charge in [0.25, 0.3) is 5.91 Å². The van der Waals surface area contributed by atoms with Crippen LogP contribution >= 0.6 is 12.6 Å². The molecule has 2 fully saturated rings. The molecule has 2 aromatic carbocycles. The maximum absolute atomic E-state index is 13.6. The normalized spacial score (nSPS) is 20.2. The zero-order chi connectivity index (χ0) is 22.4. The van der Waals surface area contributed by atoms with Gasteiger partial charge in [-0.15, -0.1) is 12.6 Å². The predicted octanol–water partition coefficient (Wildman–Crippen LogP) is 4.83. The molecule has 9 heteroatoms. The number of thiol groups is 1. The zero-order valence-corrected chi connectivity index (χ0v) is 17.1. The van der Waals surface area contributed by atoms with Gasteiger partial charge in [-0.3, -0.25) is 9.69 Å². The average molecular weight is 442 g/mol. The summed E-state index contributed by atoms with van der Waals surface area (Å²) >= 11 is 4.64. The van der Waals surface area contributed by atoms with Gasteiger partial charge in [-0.25, -0.2) is 0 Å². The van der Waals surface area contributed by atoms with Crippen LogP contribution in [0.4, 0.5) is 24.5 Å². The lowest BCUT2D eigenvalue weighted by atomic mass is 9.94. The quantitative estimate of drug-likeness (QED) is 0.677. The smallest absolute Gasteiger partial charge is 0.328 e. The van der Waals surface area contributed by atoms with Crippen LogP contribution in [0.25, 0.3) is 0 Å². The Morgan fingerprint density at radius 3 is 2.16 bits per heavy atom. The Bertz CT molecular complexity index is 1110. The van der Waals surface area contributed by atoms with E-state index in [1.54, 1.807) is 30.3 Å². The van der Waals surface area contributed by atoms with E-state index in [0.717, 1.165) is 25.0 Å². The molecule has 1 saturated carbocycles. The molecule has 1 heterocycles. The highest BCUT2D eigenvalue weighted by molar-refractivity contribution is 7.81. The second-order valence-electron chi connectivity index (χ2n) is 7.63. The Hall–Kier alpha value is -3.17. The van der Waals surface area contributed by atoms with Crippen molar-refractivity contribution < 1.29 is 18.0 Å². The van der Waals surface area contributed by atoms with E-state index >= 15 is 0 Å². The summed E-state index contributed by atoms with van der Waals surface area (Å²) in [6, 6.07) is 13.6. The fourth-order valence-electron chi connectivity index (χ4n) is 4.53. The van der Waals surface area contributed by atoms with E-state index in [4.69, 9.17) is 10.5 Å². The van der Waals surface area contributed by atoms with Crippen molar-refractivity contribution in [3.63, 3.8) is 0 Å². The molecule has 1 unspecified atom stereocenters. The number of anilines is 2. The minimum Gasteiger partial charge on any atom is -0.328 e. The third-order valence-corrected chi connectivity index (χ3v) is 6.41. The number of carbonyl (C=O) groups is 1. The molecule has 1 aliphatic heterocycles. The van der Waals surface area contributed by atoms with Crippen molar-refractivity contribution in [2.24, 2.45) is 0 Å². The third-order valence-electron chi connectivity index (χ3n) is 5.95. The molecule has 1 amide bonds. The predicted molar refractivity (Wildman–Crippen MR) is 111 cm³/mol. The van der Waals surface area contributed by atoms with E-state index < -0.39 is 28.3 Å². The molecule has 0 aromatic heterocycles. The summed E-state index contributed by atoms with van der Waals surface area (Å²) in [5, 5.41) is 18.1. The van der Waals surface area contributed by atoms with Crippen molar-refractivity contribution in [1.29, 1.82) is 10.5 Å². The molecule has 2 aliphatic rings. The van der Waals surface area contributed by atoms with Crippen molar-refractivity contribution in [3.05, 3.63) is 59.2 Å². The first-order chi connectivity index (χ1) is 14.7. The lowest BCUT2D eigenvalue weighted by molar-refractivity contribution is -0.137. The molecule has 4 rings (SSSR count). The van der Waals surface area contributed by atoms with Gasteiger partial charge in [0.2, 0.25) is 0 Å². The van der Waals surface area contributed by atoms with Gasteiger partial charge >= 0.3 is 6.18 Å². The Kier molecular flexibility index (Phi) is 5.10. The average Bonchev–Trinajstić information content (AvgIpc) is 3.31. The van der Waals surface area contributed by atoms with E-state index in [2.05, 4.69) is 12.6 Å². The summed E-state index contributed by atoms with van der Waals surface area (Å²) in [5.74, 6) is -0.313. The number of benzene rings is 2. The molecule has 0 radical (unpaired) electrons. The lowest BCUT2D eigenvalue weighted by Crippen LogP contribution is -2.48. The molecule has 31 heavy (non-hydrogen) atoms. The molecule has 158 valence electrons. The van der Waals surface area contributed by atoms with Gasteiger partial charge < -0.3 is 4.90 Å². The number of nitriles is 2. The van der Waals surface area contributed by atoms with Crippen LogP contribution in [0.2, 0.25) is 0 Å². The summed E-state index contributed by atoms with van der Waals surface area (Å²) in [5.41, 5.74) is -2.17. The van der Waals surface area contributed by atoms with Crippen LogP contribution in [0.15, 0.2) is 42.5 Å². The first kappa shape index (κ1) is 21.1. The summed E-state index contributed by atoms with van der Waals surface area (Å²) in [6.07, 6.45) is -1.99. The molecular formula is C22H17F3N4OS. The van der Waals surface area contributed by atoms with Crippen LogP contribution in [-0.2, 0) is 11.0 Å². The molecule has 1 saturated heterocycles. The molecule has 1 spiro atoms. The number of carbonyl (C=O) groups excluding carboxylic acids is 1. The summed E-state index contributed by atoms with van der Waals surface area (Å²) in [6.45, 7) is 0. The third kappa shape index (κ3) is 3.30. The molecule has 0 N–H and O–H groups in total. The van der Waals surface area contributed by atoms with E-state index in [1.165, 1.54) is 11.0 Å². The van der Waals surface area contributed by atoms with Gasteiger partial charge in [0.05, 0.1) is 28.8 Å². The van der Waals surface area contributed by atoms with Crippen LogP contribution in [0.1, 0.15) is 42.4 Å². The van der Waals surface area contributed by atoms with E-state index in [0.29, 0.717) is 24.1 Å². The maximum Gasteiger partial charge on any atom is 0.417 e. The minimum absolute atomic E-state index is 0.0405. The fourth-order valence-corrected chi connectivity index (χ4v) is 5.12. The SMILES string of the molecule is N#Cc1ccc(N2C(S)N(c3ccc(C#N)c(C(F)(F)F)c3)C(=O)C23CCCC3)cc1. The van der Waals surface area contributed by atoms with Crippen molar-refractivity contribution >= 4 is 29.9 Å². The highest BCUT2D eigenvalue weighted by atomic mass is 32.1. The van der Waals surface area contributed by atoms with E-state index in [-0.39, 0.29) is 11.6 Å². The van der Waals surface area contributed by atoms with E-state index in [1.807, 2.05) is 11.0 Å². The van der Waals surface area contributed by atoms with Gasteiger partial charge in [0.1, 0.15) is 5.54 Å². The molecule has 2 aromatic rings. The second kappa shape index (κ2) is 7.51. The molecule has 1 aliphatic carbocycles.